The van der Waals surface area contributed by atoms with Crippen LogP contribution in [0.5, 0.6) is 0 Å². The van der Waals surface area contributed by atoms with Crippen LogP contribution in [0.4, 0.5) is 0 Å². The van der Waals surface area contributed by atoms with Crippen molar-refractivity contribution < 1.29 is 4.79 Å². The summed E-state index contributed by atoms with van der Waals surface area (Å²) in [6, 6.07) is 4.14. The predicted molar refractivity (Wildman–Crippen MR) is 84.6 cm³/mol. The summed E-state index contributed by atoms with van der Waals surface area (Å²) in [5.74, 6) is 0.779. The molecule has 6 heteroatoms. The number of aromatic amines is 1. The zero-order valence-electron chi connectivity index (χ0n) is 13.4. The van der Waals surface area contributed by atoms with E-state index in [-0.39, 0.29) is 23.2 Å². The van der Waals surface area contributed by atoms with E-state index >= 15 is 0 Å². The molecule has 1 unspecified atom stereocenters. The van der Waals surface area contributed by atoms with Crippen molar-refractivity contribution in [1.29, 1.82) is 0 Å². The van der Waals surface area contributed by atoms with Crippen LogP contribution in [0.25, 0.3) is 0 Å². The van der Waals surface area contributed by atoms with Crippen LogP contribution >= 0.6 is 11.3 Å². The van der Waals surface area contributed by atoms with Crippen LogP contribution < -0.4 is 0 Å². The van der Waals surface area contributed by atoms with Crippen LogP contribution in [0.1, 0.15) is 59.9 Å². The number of carbonyl (C=O) groups is 1. The van der Waals surface area contributed by atoms with Gasteiger partial charge in [-0.05, 0) is 26.0 Å². The first-order valence-electron chi connectivity index (χ1n) is 6.96. The molecule has 1 atom stereocenters. The first-order chi connectivity index (χ1) is 9.70. The predicted octanol–water partition coefficient (Wildman–Crippen LogP) is 3.31. The van der Waals surface area contributed by atoms with Crippen molar-refractivity contribution in [3.63, 3.8) is 0 Å². The molecular weight excluding hydrogens is 284 g/mol. The second-order valence-corrected chi connectivity index (χ2v) is 7.62. The van der Waals surface area contributed by atoms with Crippen LogP contribution in [0.2, 0.25) is 0 Å². The molecule has 0 aromatic carbocycles. The summed E-state index contributed by atoms with van der Waals surface area (Å²) in [7, 11) is 1.79. The number of thiophene rings is 1. The summed E-state index contributed by atoms with van der Waals surface area (Å²) >= 11 is 1.70. The van der Waals surface area contributed by atoms with Gasteiger partial charge in [-0.15, -0.1) is 16.4 Å². The minimum absolute atomic E-state index is 0.00721. The molecule has 0 aliphatic rings. The molecule has 0 aliphatic heterocycles. The highest BCUT2D eigenvalue weighted by molar-refractivity contribution is 7.12. The third-order valence-corrected chi connectivity index (χ3v) is 4.63. The number of rotatable bonds is 3. The SMILES string of the molecule is Cc1ccc(C(C)N(C)C(=O)c2n[nH]c(C(C)(C)C)n2)s1. The Morgan fingerprint density at radius 2 is 2.05 bits per heavy atom. The Balaban J connectivity index is 2.17. The quantitative estimate of drug-likeness (QED) is 0.946. The van der Waals surface area contributed by atoms with Crippen molar-refractivity contribution in [3.8, 4) is 0 Å². The third-order valence-electron chi connectivity index (χ3n) is 3.46. The van der Waals surface area contributed by atoms with Crippen LogP contribution in [0, 0.1) is 6.92 Å². The summed E-state index contributed by atoms with van der Waals surface area (Å²) in [6.45, 7) is 10.2. The van der Waals surface area contributed by atoms with Gasteiger partial charge in [0.15, 0.2) is 0 Å². The number of aromatic nitrogens is 3. The monoisotopic (exact) mass is 306 g/mol. The lowest BCUT2D eigenvalue weighted by molar-refractivity contribution is 0.0733. The molecule has 0 aliphatic carbocycles. The molecule has 2 rings (SSSR count). The molecule has 114 valence electrons. The molecule has 0 saturated heterocycles. The van der Waals surface area contributed by atoms with Crippen molar-refractivity contribution in [2.24, 2.45) is 0 Å². The molecule has 0 radical (unpaired) electrons. The lowest BCUT2D eigenvalue weighted by atomic mass is 9.96. The van der Waals surface area contributed by atoms with Gasteiger partial charge in [0.1, 0.15) is 5.82 Å². The molecule has 21 heavy (non-hydrogen) atoms. The molecule has 5 nitrogen and oxygen atoms in total. The largest absolute Gasteiger partial charge is 0.331 e. The van der Waals surface area contributed by atoms with E-state index in [4.69, 9.17) is 0 Å². The lowest BCUT2D eigenvalue weighted by Crippen LogP contribution is -2.30. The fourth-order valence-corrected chi connectivity index (χ4v) is 2.87. The number of hydrogen-bond acceptors (Lipinski definition) is 4. The second-order valence-electron chi connectivity index (χ2n) is 6.30. The van der Waals surface area contributed by atoms with Crippen molar-refractivity contribution in [2.75, 3.05) is 7.05 Å². The van der Waals surface area contributed by atoms with Gasteiger partial charge in [0, 0.05) is 22.2 Å². The maximum Gasteiger partial charge on any atom is 0.293 e. The summed E-state index contributed by atoms with van der Waals surface area (Å²) in [4.78, 5) is 20.9. The number of nitrogens with one attached hydrogen (secondary N) is 1. The van der Waals surface area contributed by atoms with Gasteiger partial charge in [0.05, 0.1) is 6.04 Å². The van der Waals surface area contributed by atoms with Gasteiger partial charge in [-0.2, -0.15) is 0 Å². The number of carbonyl (C=O) groups excluding carboxylic acids is 1. The van der Waals surface area contributed by atoms with Gasteiger partial charge in [-0.1, -0.05) is 20.8 Å². The fraction of sp³-hybridized carbons (Fsp3) is 0.533. The van der Waals surface area contributed by atoms with E-state index in [0.717, 1.165) is 10.7 Å². The summed E-state index contributed by atoms with van der Waals surface area (Å²) in [5.41, 5.74) is -0.152. The van der Waals surface area contributed by atoms with Gasteiger partial charge in [-0.25, -0.2) is 4.98 Å². The Bertz CT molecular complexity index is 638. The smallest absolute Gasteiger partial charge is 0.293 e. The Morgan fingerprint density at radius 1 is 1.38 bits per heavy atom. The van der Waals surface area contributed by atoms with Gasteiger partial charge in [0.25, 0.3) is 5.91 Å². The Hall–Kier alpha value is -1.69. The first kappa shape index (κ1) is 15.7. The summed E-state index contributed by atoms with van der Waals surface area (Å²) in [6.07, 6.45) is 0. The highest BCUT2D eigenvalue weighted by Gasteiger charge is 2.26. The number of nitrogens with zero attached hydrogens (tertiary/aromatic N) is 3. The van der Waals surface area contributed by atoms with Crippen molar-refractivity contribution in [1.82, 2.24) is 20.1 Å². The van der Waals surface area contributed by atoms with Crippen LogP contribution in [0.3, 0.4) is 0 Å². The molecule has 0 fully saturated rings. The van der Waals surface area contributed by atoms with Crippen molar-refractivity contribution in [2.45, 2.75) is 46.1 Å². The second kappa shape index (κ2) is 5.60. The normalized spacial score (nSPS) is 13.2. The Kier molecular flexibility index (Phi) is 4.18. The molecule has 1 N–H and O–H groups in total. The number of hydrogen-bond donors (Lipinski definition) is 1. The molecule has 2 aromatic heterocycles. The minimum atomic E-state index is -0.166. The zero-order valence-corrected chi connectivity index (χ0v) is 14.2. The van der Waals surface area contributed by atoms with Gasteiger partial charge in [-0.3, -0.25) is 9.89 Å². The average Bonchev–Trinajstić information content (AvgIpc) is 3.04. The Morgan fingerprint density at radius 3 is 2.52 bits per heavy atom. The topological polar surface area (TPSA) is 61.9 Å². The van der Waals surface area contributed by atoms with E-state index in [1.54, 1.807) is 23.3 Å². The van der Waals surface area contributed by atoms with Crippen LogP contribution in [-0.4, -0.2) is 33.0 Å². The van der Waals surface area contributed by atoms with E-state index in [2.05, 4.69) is 34.2 Å². The first-order valence-corrected chi connectivity index (χ1v) is 7.78. The number of aryl methyl sites for hydroxylation is 1. The summed E-state index contributed by atoms with van der Waals surface area (Å²) < 4.78 is 0. The molecular formula is C15H22N4OS. The maximum atomic E-state index is 12.5. The van der Waals surface area contributed by atoms with Crippen molar-refractivity contribution >= 4 is 17.2 Å². The molecule has 2 aromatic rings. The molecule has 0 saturated carbocycles. The standard InChI is InChI=1S/C15H22N4OS/c1-9-7-8-11(21-9)10(2)19(6)13(20)12-16-14(18-17-12)15(3,4)5/h7-8,10H,1-6H3,(H,16,17,18). The van der Waals surface area contributed by atoms with Gasteiger partial charge >= 0.3 is 0 Å². The van der Waals surface area contributed by atoms with Gasteiger partial charge < -0.3 is 4.90 Å². The van der Waals surface area contributed by atoms with E-state index < -0.39 is 0 Å². The molecule has 1 amide bonds. The summed E-state index contributed by atoms with van der Waals surface area (Å²) in [5, 5.41) is 6.92. The molecule has 0 spiro atoms. The fourth-order valence-electron chi connectivity index (χ4n) is 1.90. The van der Waals surface area contributed by atoms with E-state index in [0.29, 0.717) is 0 Å². The van der Waals surface area contributed by atoms with E-state index in [1.165, 1.54) is 4.88 Å². The van der Waals surface area contributed by atoms with E-state index in [9.17, 15) is 4.79 Å². The number of amides is 1. The minimum Gasteiger partial charge on any atom is -0.331 e. The number of H-pyrrole nitrogens is 1. The third kappa shape index (κ3) is 3.32. The van der Waals surface area contributed by atoms with Crippen LogP contribution in [-0.2, 0) is 5.41 Å². The van der Waals surface area contributed by atoms with Crippen LogP contribution in [0.15, 0.2) is 12.1 Å². The highest BCUT2D eigenvalue weighted by Crippen LogP contribution is 2.27. The Labute approximate surface area is 129 Å². The molecule has 2 heterocycles. The zero-order chi connectivity index (χ0) is 15.8. The van der Waals surface area contributed by atoms with Gasteiger partial charge in [0.2, 0.25) is 5.82 Å². The van der Waals surface area contributed by atoms with Crippen molar-refractivity contribution in [3.05, 3.63) is 33.5 Å². The van der Waals surface area contributed by atoms with E-state index in [1.807, 2.05) is 27.7 Å². The maximum absolute atomic E-state index is 12.5. The lowest BCUT2D eigenvalue weighted by Gasteiger charge is -2.22. The molecule has 0 bridgehead atoms. The highest BCUT2D eigenvalue weighted by atomic mass is 32.1. The average molecular weight is 306 g/mol.